The normalized spacial score (nSPS) is 9.53. The van der Waals surface area contributed by atoms with Gasteiger partial charge in [0.1, 0.15) is 0 Å². The SMILES string of the molecule is CCCCCCCCCCCCCC(=O)O.O=CO. The van der Waals surface area contributed by atoms with Gasteiger partial charge in [-0.1, -0.05) is 71.1 Å². The van der Waals surface area contributed by atoms with Gasteiger partial charge >= 0.3 is 5.97 Å². The molecule has 0 aromatic rings. The number of hydrogen-bond donors (Lipinski definition) is 2. The molecule has 0 aliphatic heterocycles. The minimum atomic E-state index is -0.657. The average Bonchev–Trinajstić information content (AvgIpc) is 2.36. The molecule has 0 amide bonds. The van der Waals surface area contributed by atoms with E-state index in [9.17, 15) is 4.79 Å². The van der Waals surface area contributed by atoms with Gasteiger partial charge in [-0.15, -0.1) is 0 Å². The Morgan fingerprint density at radius 2 is 1.16 bits per heavy atom. The third-order valence-corrected chi connectivity index (χ3v) is 2.99. The zero-order valence-corrected chi connectivity index (χ0v) is 12.3. The number of rotatable bonds is 12. The van der Waals surface area contributed by atoms with Crippen LogP contribution >= 0.6 is 0 Å². The van der Waals surface area contributed by atoms with Crippen LogP contribution in [0.2, 0.25) is 0 Å². The Bertz CT molecular complexity index is 193. The fourth-order valence-corrected chi connectivity index (χ4v) is 1.94. The molecular weight excluding hydrogens is 244 g/mol. The molecule has 0 radical (unpaired) electrons. The number of carbonyl (C=O) groups is 2. The summed E-state index contributed by atoms with van der Waals surface area (Å²) < 4.78 is 0. The molecular formula is C15H30O4. The number of unbranched alkanes of at least 4 members (excludes halogenated alkanes) is 10. The summed E-state index contributed by atoms with van der Waals surface area (Å²) >= 11 is 0. The van der Waals surface area contributed by atoms with E-state index in [-0.39, 0.29) is 6.47 Å². The van der Waals surface area contributed by atoms with Crippen molar-refractivity contribution in [1.82, 2.24) is 0 Å². The van der Waals surface area contributed by atoms with Gasteiger partial charge in [-0.25, -0.2) is 0 Å². The first-order valence-electron chi connectivity index (χ1n) is 7.48. The molecule has 0 spiro atoms. The van der Waals surface area contributed by atoms with Crippen LogP contribution in [0.15, 0.2) is 0 Å². The minimum absolute atomic E-state index is 0.250. The molecule has 0 rings (SSSR count). The molecule has 4 heteroatoms. The molecule has 0 aromatic heterocycles. The van der Waals surface area contributed by atoms with Crippen molar-refractivity contribution >= 4 is 12.4 Å². The van der Waals surface area contributed by atoms with Gasteiger partial charge in [0, 0.05) is 6.42 Å². The van der Waals surface area contributed by atoms with Gasteiger partial charge in [0.25, 0.3) is 6.47 Å². The van der Waals surface area contributed by atoms with Crippen LogP contribution < -0.4 is 0 Å². The third kappa shape index (κ3) is 26.5. The van der Waals surface area contributed by atoms with E-state index in [2.05, 4.69) is 6.92 Å². The maximum atomic E-state index is 10.3. The minimum Gasteiger partial charge on any atom is -0.483 e. The summed E-state index contributed by atoms with van der Waals surface area (Å²) in [6.45, 7) is 2.00. The molecule has 0 unspecified atom stereocenters. The Balaban J connectivity index is 0. The summed E-state index contributed by atoms with van der Waals surface area (Å²) in [5, 5.41) is 15.3. The van der Waals surface area contributed by atoms with Crippen LogP contribution in [-0.4, -0.2) is 22.7 Å². The Hall–Kier alpha value is -1.06. The monoisotopic (exact) mass is 274 g/mol. The van der Waals surface area contributed by atoms with E-state index < -0.39 is 5.97 Å². The van der Waals surface area contributed by atoms with Gasteiger partial charge in [0.2, 0.25) is 0 Å². The lowest BCUT2D eigenvalue weighted by molar-refractivity contribution is -0.137. The average molecular weight is 274 g/mol. The standard InChI is InChI=1S/C14H28O2.CH2O2/c1-2-3-4-5-6-7-8-9-10-11-12-13-14(15)16;2-1-3/h2-13H2,1H3,(H,15,16);1H,(H,2,3). The summed E-state index contributed by atoms with van der Waals surface area (Å²) in [6, 6.07) is 0. The molecule has 0 aliphatic carbocycles. The predicted octanol–water partition coefficient (Wildman–Crippen LogP) is 4.47. The van der Waals surface area contributed by atoms with Crippen LogP contribution in [0.4, 0.5) is 0 Å². The smallest absolute Gasteiger partial charge is 0.303 e. The number of hydrogen-bond acceptors (Lipinski definition) is 2. The van der Waals surface area contributed by atoms with E-state index in [0.29, 0.717) is 6.42 Å². The van der Waals surface area contributed by atoms with E-state index in [1.54, 1.807) is 0 Å². The van der Waals surface area contributed by atoms with Crippen LogP contribution in [0.5, 0.6) is 0 Å². The van der Waals surface area contributed by atoms with E-state index in [0.717, 1.165) is 12.8 Å². The predicted molar refractivity (Wildman–Crippen MR) is 77.4 cm³/mol. The van der Waals surface area contributed by atoms with Gasteiger partial charge < -0.3 is 10.2 Å². The molecule has 0 heterocycles. The second-order valence-electron chi connectivity index (χ2n) is 4.78. The molecule has 19 heavy (non-hydrogen) atoms. The molecule has 0 fully saturated rings. The van der Waals surface area contributed by atoms with Gasteiger partial charge in [-0.2, -0.15) is 0 Å². The lowest BCUT2D eigenvalue weighted by atomic mass is 10.1. The quantitative estimate of drug-likeness (QED) is 0.406. The van der Waals surface area contributed by atoms with E-state index in [4.69, 9.17) is 15.0 Å². The van der Waals surface area contributed by atoms with Gasteiger partial charge in [-0.05, 0) is 6.42 Å². The second-order valence-corrected chi connectivity index (χ2v) is 4.78. The first kappa shape index (κ1) is 20.3. The number of aliphatic carboxylic acids is 1. The molecule has 114 valence electrons. The van der Waals surface area contributed by atoms with Gasteiger partial charge in [0.15, 0.2) is 0 Å². The molecule has 2 N–H and O–H groups in total. The van der Waals surface area contributed by atoms with Crippen molar-refractivity contribution in [1.29, 1.82) is 0 Å². The maximum Gasteiger partial charge on any atom is 0.303 e. The molecule has 0 atom stereocenters. The lowest BCUT2D eigenvalue weighted by Crippen LogP contribution is -1.93. The van der Waals surface area contributed by atoms with Crippen LogP contribution in [-0.2, 0) is 9.59 Å². The van der Waals surface area contributed by atoms with Crippen molar-refractivity contribution in [2.45, 2.75) is 84.0 Å². The second kappa shape index (κ2) is 19.3. The summed E-state index contributed by atoms with van der Waals surface area (Å²) in [7, 11) is 0. The van der Waals surface area contributed by atoms with Crippen molar-refractivity contribution in [2.75, 3.05) is 0 Å². The Morgan fingerprint density at radius 1 is 0.842 bits per heavy atom. The Labute approximate surface area is 117 Å². The molecule has 0 aliphatic rings. The molecule has 0 bridgehead atoms. The van der Waals surface area contributed by atoms with Crippen molar-refractivity contribution in [3.05, 3.63) is 0 Å². The Kier molecular flexibility index (Phi) is 20.6. The molecule has 0 saturated heterocycles. The van der Waals surface area contributed by atoms with Crippen LogP contribution in [0, 0.1) is 0 Å². The summed E-state index contributed by atoms with van der Waals surface area (Å²) in [5.74, 6) is -0.657. The summed E-state index contributed by atoms with van der Waals surface area (Å²) in [6.07, 6.45) is 14.4. The zero-order valence-electron chi connectivity index (χ0n) is 12.3. The Morgan fingerprint density at radius 3 is 1.47 bits per heavy atom. The lowest BCUT2D eigenvalue weighted by Gasteiger charge is -2.01. The van der Waals surface area contributed by atoms with Crippen molar-refractivity contribution in [2.24, 2.45) is 0 Å². The highest BCUT2D eigenvalue weighted by atomic mass is 16.4. The van der Waals surface area contributed by atoms with E-state index >= 15 is 0 Å². The molecule has 0 saturated carbocycles. The summed E-state index contributed by atoms with van der Waals surface area (Å²) in [4.78, 5) is 18.6. The van der Waals surface area contributed by atoms with Crippen LogP contribution in [0.25, 0.3) is 0 Å². The fraction of sp³-hybridized carbons (Fsp3) is 0.867. The van der Waals surface area contributed by atoms with E-state index in [1.807, 2.05) is 0 Å². The van der Waals surface area contributed by atoms with Gasteiger partial charge in [-0.3, -0.25) is 9.59 Å². The first-order valence-corrected chi connectivity index (χ1v) is 7.48. The molecule has 0 aromatic carbocycles. The highest BCUT2D eigenvalue weighted by Crippen LogP contribution is 2.11. The van der Waals surface area contributed by atoms with Crippen molar-refractivity contribution in [3.8, 4) is 0 Å². The number of carboxylic acid groups (broad SMARTS) is 2. The molecule has 4 nitrogen and oxygen atoms in total. The zero-order chi connectivity index (χ0) is 14.8. The maximum absolute atomic E-state index is 10.3. The first-order chi connectivity index (χ1) is 9.18. The van der Waals surface area contributed by atoms with E-state index in [1.165, 1.54) is 57.8 Å². The highest BCUT2D eigenvalue weighted by Gasteiger charge is 1.96. The van der Waals surface area contributed by atoms with Crippen LogP contribution in [0.3, 0.4) is 0 Å². The summed E-state index contributed by atoms with van der Waals surface area (Å²) in [5.41, 5.74) is 0. The van der Waals surface area contributed by atoms with Crippen LogP contribution in [0.1, 0.15) is 84.0 Å². The third-order valence-electron chi connectivity index (χ3n) is 2.99. The van der Waals surface area contributed by atoms with Crippen molar-refractivity contribution < 1.29 is 19.8 Å². The fourth-order valence-electron chi connectivity index (χ4n) is 1.94. The number of carboxylic acids is 1. The largest absolute Gasteiger partial charge is 0.483 e. The topological polar surface area (TPSA) is 74.6 Å². The highest BCUT2D eigenvalue weighted by molar-refractivity contribution is 5.66. The van der Waals surface area contributed by atoms with Gasteiger partial charge in [0.05, 0.1) is 0 Å². The van der Waals surface area contributed by atoms with Crippen molar-refractivity contribution in [3.63, 3.8) is 0 Å².